The van der Waals surface area contributed by atoms with Crippen LogP contribution < -0.4 is 22.8 Å². The molecule has 542 valence electrons. The fourth-order valence-corrected chi connectivity index (χ4v) is 19.5. The van der Waals surface area contributed by atoms with Gasteiger partial charge in [0.05, 0.1) is 121 Å². The maximum absolute atomic E-state index is 8.01. The van der Waals surface area contributed by atoms with Gasteiger partial charge in [-0.2, -0.15) is 9.13 Å². The first-order valence-electron chi connectivity index (χ1n) is 38.8. The molecular formula is C88H68N23OS+5. The van der Waals surface area contributed by atoms with Gasteiger partial charge in [0.25, 0.3) is 28.6 Å². The predicted octanol–water partition coefficient (Wildman–Crippen LogP) is 12.8. The molecule has 5 aliphatic rings. The van der Waals surface area contributed by atoms with Crippen molar-refractivity contribution in [2.45, 2.75) is 32.7 Å². The number of aryl methyl sites for hydroxylation is 6. The van der Waals surface area contributed by atoms with Gasteiger partial charge in [0.2, 0.25) is 56.0 Å². The molecule has 0 unspecified atom stereocenters. The van der Waals surface area contributed by atoms with E-state index in [2.05, 4.69) is 225 Å². The highest BCUT2D eigenvalue weighted by molar-refractivity contribution is 7.24. The smallest absolute Gasteiger partial charge is 0.341 e. The first kappa shape index (κ1) is 61.3. The summed E-state index contributed by atoms with van der Waals surface area (Å²) in [5.41, 5.74) is 27.4. The largest absolute Gasteiger partial charge is 0.400 e. The van der Waals surface area contributed by atoms with E-state index in [-0.39, 0.29) is 0 Å². The van der Waals surface area contributed by atoms with Crippen LogP contribution in [0.15, 0.2) is 249 Å². The molecule has 113 heavy (non-hydrogen) atoms. The van der Waals surface area contributed by atoms with Crippen LogP contribution in [0.2, 0.25) is 0 Å². The number of nitrogens with zero attached hydrogens (tertiary/aromatic N) is 23. The number of imidazole rings is 5. The van der Waals surface area contributed by atoms with E-state index >= 15 is 0 Å². The summed E-state index contributed by atoms with van der Waals surface area (Å²) in [5, 5.41) is 5.47. The van der Waals surface area contributed by atoms with E-state index in [4.69, 9.17) is 13.5 Å². The molecule has 24 nitrogen and oxygen atoms in total. The highest BCUT2D eigenvalue weighted by Gasteiger charge is 2.42. The Hall–Kier alpha value is -14.6. The molecule has 20 aromatic heterocycles. The SMILES string of the molecule is Cn1c2[n+](c3c1c1cccnc1n3-c1ccccc1)Cc1ccncc1-2.Cn1c2[n+](c3c1c1cccnc1n3C)Cc1ccncc1-2.Cn1c2[n+](c3oc4ncccc4c31)Cc1ccncc1-2.[2H]C([2H])([2H])n1c2ncccc2c2c1[n+]1c(n2C)-c2cnccc2C1.c1ccc(-n2c3[n+](c4sc5ncccc5c42)Cc2ccncc2-3)cc1. The molecule has 5 aliphatic heterocycles. The Kier molecular flexibility index (Phi) is 13.3. The molecule has 22 aromatic rings. The van der Waals surface area contributed by atoms with E-state index in [0.29, 0.717) is 23.6 Å². The predicted molar refractivity (Wildman–Crippen MR) is 432 cm³/mol. The normalized spacial score (nSPS) is 13.4. The number of hydrogen-bond acceptors (Lipinski definition) is 12. The minimum absolute atomic E-state index is 0.488. The van der Waals surface area contributed by atoms with Gasteiger partial charge in [0, 0.05) is 121 Å². The summed E-state index contributed by atoms with van der Waals surface area (Å²) < 4.78 is 58.4. The lowest BCUT2D eigenvalue weighted by molar-refractivity contribution is -0.652. The Balaban J connectivity index is 0.0000000858. The molecule has 25 heterocycles. The van der Waals surface area contributed by atoms with Gasteiger partial charge < -0.3 is 4.42 Å². The number of hydrogen-bond donors (Lipinski definition) is 0. The zero-order valence-corrected chi connectivity index (χ0v) is 62.5. The summed E-state index contributed by atoms with van der Waals surface area (Å²) in [6.07, 6.45) is 27.9. The van der Waals surface area contributed by atoms with Crippen molar-refractivity contribution in [3.63, 3.8) is 0 Å². The Labute approximate surface area is 650 Å². The lowest BCUT2D eigenvalue weighted by atomic mass is 10.1. The monoisotopic (exact) mass is 1500 g/mol. The Morgan fingerprint density at radius 3 is 1.24 bits per heavy atom. The van der Waals surface area contributed by atoms with Gasteiger partial charge in [-0.1, -0.05) is 47.7 Å². The van der Waals surface area contributed by atoms with Crippen LogP contribution in [0.3, 0.4) is 0 Å². The number of pyridine rings is 10. The summed E-state index contributed by atoms with van der Waals surface area (Å²) >= 11 is 1.76. The van der Waals surface area contributed by atoms with Crippen LogP contribution >= 0.6 is 11.3 Å². The quantitative estimate of drug-likeness (QED) is 0.149. The summed E-state index contributed by atoms with van der Waals surface area (Å²) in [7, 11) is 10.4. The lowest BCUT2D eigenvalue weighted by Gasteiger charge is -2.02. The van der Waals surface area contributed by atoms with Crippen LogP contribution in [0, 0.1) is 0 Å². The van der Waals surface area contributed by atoms with Gasteiger partial charge >= 0.3 is 5.71 Å². The van der Waals surface area contributed by atoms with Crippen molar-refractivity contribution < 1.29 is 31.4 Å². The summed E-state index contributed by atoms with van der Waals surface area (Å²) in [4.78, 5) is 46.3. The summed E-state index contributed by atoms with van der Waals surface area (Å²) in [6, 6.07) is 51.6. The van der Waals surface area contributed by atoms with Gasteiger partial charge in [-0.15, -0.1) is 0 Å². The standard InChI is InChI=1S/C21H16N5.C20H13N4S.2C16H14N5.C15H11N4O/c1-24-18-16-8-5-10-23-19(16)26(15-6-3-2-4-7-15)21(18)25-13-14-9-11-22-12-17(14)20(24)25;1-2-5-14(6-3-1)24-17-15-7-4-9-22-18(15)25-20(17)23-12-13-8-10-21-11-16(13)19(23)24;2*1-19-13-11-4-3-6-18-14(11)20(2)16(13)21-9-10-5-7-17-8-12(10)15(19)21;1-18-12-10-3-2-5-17-13(10)20-15(12)19-8-9-4-6-16-7-11(9)14(18)19/h2-12H,13H2,1H3;1-11H,12H2;2*3-8H,9H2,1-2H3;2-7H,8H2,1H3/q5*+1/i;;2D3;;. The van der Waals surface area contributed by atoms with Crippen LogP contribution in [-0.4, -0.2) is 86.4 Å². The molecule has 27 rings (SSSR count). The van der Waals surface area contributed by atoms with Gasteiger partial charge in [0.1, 0.15) is 29.3 Å². The number of thiophene rings is 1. The zero-order valence-electron chi connectivity index (χ0n) is 64.7. The van der Waals surface area contributed by atoms with Crippen LogP contribution in [0.5, 0.6) is 0 Å². The number of rotatable bonds is 2. The van der Waals surface area contributed by atoms with E-state index in [9.17, 15) is 0 Å². The molecule has 0 saturated heterocycles. The highest BCUT2D eigenvalue weighted by atomic mass is 32.1. The molecular weight excluding hydrogens is 1430 g/mol. The fourth-order valence-electron chi connectivity index (χ4n) is 18.4. The number of furan rings is 1. The van der Waals surface area contributed by atoms with Crippen molar-refractivity contribution in [2.75, 3.05) is 0 Å². The van der Waals surface area contributed by atoms with Gasteiger partial charge in [-0.3, -0.25) is 38.6 Å². The van der Waals surface area contributed by atoms with Gasteiger partial charge in [0.15, 0.2) is 16.6 Å². The molecule has 0 fully saturated rings. The van der Waals surface area contributed by atoms with Crippen molar-refractivity contribution in [3.05, 3.63) is 272 Å². The minimum Gasteiger partial charge on any atom is -0.400 e. The first-order valence-corrected chi connectivity index (χ1v) is 38.1. The number of fused-ring (bicyclic) bond motifs is 35. The topological polar surface area (TPSA) is 201 Å². The van der Waals surface area contributed by atoms with Gasteiger partial charge in [-0.05, 0) is 115 Å². The van der Waals surface area contributed by atoms with Crippen molar-refractivity contribution in [1.82, 2.24) is 86.4 Å². The van der Waals surface area contributed by atoms with Crippen LogP contribution in [0.1, 0.15) is 31.9 Å². The Bertz CT molecular complexity index is 7900. The number of para-hydroxylation sites is 2. The summed E-state index contributed by atoms with van der Waals surface area (Å²) in [5.74, 6) is 5.76. The van der Waals surface area contributed by atoms with E-state index in [0.717, 1.165) is 98.3 Å². The average Bonchev–Trinajstić information content (AvgIpc) is 1.54. The third-order valence-electron chi connectivity index (χ3n) is 23.1. The summed E-state index contributed by atoms with van der Waals surface area (Å²) in [6.45, 7) is 1.80. The van der Waals surface area contributed by atoms with Crippen LogP contribution in [0.4, 0.5) is 0 Å². The highest BCUT2D eigenvalue weighted by Crippen LogP contribution is 2.43. The number of aromatic nitrogens is 23. The van der Waals surface area contributed by atoms with Crippen molar-refractivity contribution in [3.8, 4) is 68.3 Å². The Morgan fingerprint density at radius 2 is 0.717 bits per heavy atom. The second kappa shape index (κ2) is 24.5. The molecule has 25 heteroatoms. The Morgan fingerprint density at radius 1 is 0.327 bits per heavy atom. The molecule has 0 atom stereocenters. The second-order valence-electron chi connectivity index (χ2n) is 29.0. The zero-order chi connectivity index (χ0) is 77.7. The third kappa shape index (κ3) is 9.14. The van der Waals surface area contributed by atoms with Crippen molar-refractivity contribution >= 4 is 121 Å². The van der Waals surface area contributed by atoms with Gasteiger partial charge in [-0.25, -0.2) is 61.5 Å². The molecule has 0 spiro atoms. The van der Waals surface area contributed by atoms with E-state index in [1.807, 2.05) is 136 Å². The molecule has 0 radical (unpaired) electrons. The minimum atomic E-state index is -2.30. The van der Waals surface area contributed by atoms with E-state index in [1.165, 1.54) is 121 Å². The van der Waals surface area contributed by atoms with Crippen LogP contribution in [0.25, 0.3) is 178 Å². The fraction of sp³-hybridized carbons (Fsp3) is 0.125. The van der Waals surface area contributed by atoms with E-state index < -0.39 is 6.98 Å². The van der Waals surface area contributed by atoms with E-state index in [1.54, 1.807) is 29.9 Å². The number of benzene rings is 2. The molecule has 0 bridgehead atoms. The lowest BCUT2D eigenvalue weighted by Crippen LogP contribution is -2.33. The van der Waals surface area contributed by atoms with Crippen molar-refractivity contribution in [1.29, 1.82) is 0 Å². The second-order valence-corrected chi connectivity index (χ2v) is 30.0. The average molecular weight is 1500 g/mol. The molecule has 0 amide bonds. The molecule has 2 aromatic carbocycles. The third-order valence-corrected chi connectivity index (χ3v) is 24.2. The maximum atomic E-state index is 8.01. The first-order chi connectivity index (χ1) is 56.9. The molecule has 0 aliphatic carbocycles. The van der Waals surface area contributed by atoms with Crippen molar-refractivity contribution in [2.24, 2.45) is 42.2 Å². The molecule has 0 saturated carbocycles. The maximum Gasteiger partial charge on any atom is 0.341 e. The van der Waals surface area contributed by atoms with Crippen LogP contribution in [-0.2, 0) is 74.9 Å². The molecule has 0 N–H and O–H groups in total.